The Morgan fingerprint density at radius 1 is 0.971 bits per heavy atom. The normalized spacial score (nSPS) is 13.5. The van der Waals surface area contributed by atoms with Crippen LogP contribution in [-0.4, -0.2) is 69.2 Å². The molecule has 0 amide bonds. The zero-order chi connectivity index (χ0) is 24.8. The maximum absolute atomic E-state index is 13.0. The number of hydrogen-bond donors (Lipinski definition) is 0. The van der Waals surface area contributed by atoms with Crippen LogP contribution in [0.5, 0.6) is 11.5 Å². The third-order valence-corrected chi connectivity index (χ3v) is 5.40. The SMILES string of the molecule is COC(=O)c1c(-c2cccc(OC)c2OCCC2OCCO2)nn(-c2ccccc2)c1C(=O)OC. The molecule has 1 aromatic heterocycles. The molecule has 35 heavy (non-hydrogen) atoms. The van der Waals surface area contributed by atoms with Crippen molar-refractivity contribution in [3.8, 4) is 28.4 Å². The van der Waals surface area contributed by atoms with Crippen molar-refractivity contribution in [1.82, 2.24) is 9.78 Å². The highest BCUT2D eigenvalue weighted by molar-refractivity contribution is 6.07. The molecular formula is C25H26N2O8. The minimum Gasteiger partial charge on any atom is -0.493 e. The molecular weight excluding hydrogens is 456 g/mol. The molecule has 3 aromatic rings. The molecule has 0 aliphatic carbocycles. The number of hydrogen-bond acceptors (Lipinski definition) is 9. The summed E-state index contributed by atoms with van der Waals surface area (Å²) in [4.78, 5) is 25.8. The molecule has 0 atom stereocenters. The molecule has 1 aliphatic heterocycles. The van der Waals surface area contributed by atoms with Gasteiger partial charge in [0, 0.05) is 12.0 Å². The van der Waals surface area contributed by atoms with Gasteiger partial charge >= 0.3 is 11.9 Å². The molecule has 2 aromatic carbocycles. The van der Waals surface area contributed by atoms with Crippen molar-refractivity contribution in [1.29, 1.82) is 0 Å². The number of ether oxygens (including phenoxy) is 6. The highest BCUT2D eigenvalue weighted by Crippen LogP contribution is 2.40. The molecule has 4 rings (SSSR count). The average Bonchev–Trinajstić information content (AvgIpc) is 3.56. The molecule has 0 unspecified atom stereocenters. The molecule has 10 nitrogen and oxygen atoms in total. The van der Waals surface area contributed by atoms with Crippen LogP contribution in [0.1, 0.15) is 27.3 Å². The Hall–Kier alpha value is -3.89. The van der Waals surface area contributed by atoms with E-state index in [0.717, 1.165) is 0 Å². The molecule has 10 heteroatoms. The van der Waals surface area contributed by atoms with Crippen LogP contribution in [0.15, 0.2) is 48.5 Å². The van der Waals surface area contributed by atoms with Crippen molar-refractivity contribution in [2.24, 2.45) is 0 Å². The zero-order valence-corrected chi connectivity index (χ0v) is 19.7. The Kier molecular flexibility index (Phi) is 7.64. The predicted octanol–water partition coefficient (Wildman–Crippen LogP) is 3.26. The van der Waals surface area contributed by atoms with Gasteiger partial charge < -0.3 is 28.4 Å². The largest absolute Gasteiger partial charge is 0.493 e. The van der Waals surface area contributed by atoms with E-state index in [-0.39, 0.29) is 29.8 Å². The first-order chi connectivity index (χ1) is 17.1. The number of esters is 2. The van der Waals surface area contributed by atoms with Crippen LogP contribution in [-0.2, 0) is 18.9 Å². The highest BCUT2D eigenvalue weighted by atomic mass is 16.7. The van der Waals surface area contributed by atoms with E-state index in [1.54, 1.807) is 42.5 Å². The second-order valence-corrected chi connectivity index (χ2v) is 7.45. The van der Waals surface area contributed by atoms with Gasteiger partial charge in [-0.25, -0.2) is 14.3 Å². The van der Waals surface area contributed by atoms with Crippen LogP contribution in [0.3, 0.4) is 0 Å². The topological polar surface area (TPSA) is 107 Å². The molecule has 0 radical (unpaired) electrons. The second-order valence-electron chi connectivity index (χ2n) is 7.45. The van der Waals surface area contributed by atoms with E-state index < -0.39 is 11.9 Å². The van der Waals surface area contributed by atoms with Crippen LogP contribution in [0.2, 0.25) is 0 Å². The van der Waals surface area contributed by atoms with Gasteiger partial charge in [0.2, 0.25) is 0 Å². The van der Waals surface area contributed by atoms with E-state index >= 15 is 0 Å². The Morgan fingerprint density at radius 3 is 2.34 bits per heavy atom. The van der Waals surface area contributed by atoms with Crippen molar-refractivity contribution in [2.45, 2.75) is 12.7 Å². The summed E-state index contributed by atoms with van der Waals surface area (Å²) in [6.45, 7) is 1.34. The third kappa shape index (κ3) is 4.98. The number of carbonyl (C=O) groups is 2. The molecule has 0 spiro atoms. The first-order valence-corrected chi connectivity index (χ1v) is 11.0. The fourth-order valence-corrected chi connectivity index (χ4v) is 3.79. The predicted molar refractivity (Wildman–Crippen MR) is 124 cm³/mol. The monoisotopic (exact) mass is 482 g/mol. The summed E-state index contributed by atoms with van der Waals surface area (Å²) in [6.07, 6.45) is 0.148. The molecule has 1 fully saturated rings. The van der Waals surface area contributed by atoms with Crippen molar-refractivity contribution in [2.75, 3.05) is 41.2 Å². The van der Waals surface area contributed by atoms with Gasteiger partial charge in [-0.1, -0.05) is 24.3 Å². The lowest BCUT2D eigenvalue weighted by atomic mass is 10.0. The fourth-order valence-electron chi connectivity index (χ4n) is 3.79. The molecule has 184 valence electrons. The Balaban J connectivity index is 1.86. The number of para-hydroxylation sites is 2. The molecule has 2 heterocycles. The summed E-state index contributed by atoms with van der Waals surface area (Å²) in [5.74, 6) is -0.703. The summed E-state index contributed by atoms with van der Waals surface area (Å²) >= 11 is 0. The average molecular weight is 482 g/mol. The number of methoxy groups -OCH3 is 3. The fraction of sp³-hybridized carbons (Fsp3) is 0.320. The lowest BCUT2D eigenvalue weighted by Crippen LogP contribution is -2.15. The van der Waals surface area contributed by atoms with Crippen molar-refractivity contribution in [3.05, 3.63) is 59.8 Å². The van der Waals surface area contributed by atoms with Gasteiger partial charge in [0.25, 0.3) is 0 Å². The second kappa shape index (κ2) is 11.0. The van der Waals surface area contributed by atoms with E-state index in [2.05, 4.69) is 5.10 Å². The summed E-state index contributed by atoms with van der Waals surface area (Å²) in [5, 5.41) is 4.64. The number of aromatic nitrogens is 2. The third-order valence-electron chi connectivity index (χ3n) is 5.40. The first-order valence-electron chi connectivity index (χ1n) is 11.0. The Morgan fingerprint density at radius 2 is 1.69 bits per heavy atom. The quantitative estimate of drug-likeness (QED) is 0.425. The molecule has 0 saturated carbocycles. The number of carbonyl (C=O) groups excluding carboxylic acids is 2. The summed E-state index contributed by atoms with van der Waals surface area (Å²) in [5.41, 5.74) is 1.07. The van der Waals surface area contributed by atoms with Crippen molar-refractivity contribution in [3.63, 3.8) is 0 Å². The lowest BCUT2D eigenvalue weighted by Gasteiger charge is -2.16. The van der Waals surface area contributed by atoms with Gasteiger partial charge in [-0.05, 0) is 24.3 Å². The van der Waals surface area contributed by atoms with Crippen LogP contribution in [0.25, 0.3) is 16.9 Å². The maximum Gasteiger partial charge on any atom is 0.357 e. The van der Waals surface area contributed by atoms with Gasteiger partial charge in [0.1, 0.15) is 11.3 Å². The smallest absolute Gasteiger partial charge is 0.357 e. The Bertz CT molecular complexity index is 1190. The molecule has 1 saturated heterocycles. The number of rotatable bonds is 9. The van der Waals surface area contributed by atoms with E-state index in [0.29, 0.717) is 42.4 Å². The Labute approximate surface area is 202 Å². The number of benzene rings is 2. The van der Waals surface area contributed by atoms with Crippen LogP contribution >= 0.6 is 0 Å². The van der Waals surface area contributed by atoms with Crippen LogP contribution in [0, 0.1) is 0 Å². The van der Waals surface area contributed by atoms with Crippen molar-refractivity contribution >= 4 is 11.9 Å². The first kappa shape index (κ1) is 24.2. The van der Waals surface area contributed by atoms with Crippen LogP contribution < -0.4 is 9.47 Å². The highest BCUT2D eigenvalue weighted by Gasteiger charge is 2.33. The maximum atomic E-state index is 13.0. The summed E-state index contributed by atoms with van der Waals surface area (Å²) in [7, 11) is 3.98. The standard InChI is InChI=1S/C25H26N2O8/c1-30-18-11-7-10-17(23(18)35-13-12-19-33-14-15-34-19)21-20(24(28)31-2)22(25(29)32-3)27(26-21)16-8-5-4-6-9-16/h4-11,19H,12-15H2,1-3H3. The van der Waals surface area contributed by atoms with Crippen molar-refractivity contribution < 1.29 is 38.0 Å². The van der Waals surface area contributed by atoms with E-state index in [9.17, 15) is 9.59 Å². The van der Waals surface area contributed by atoms with E-state index in [1.165, 1.54) is 26.0 Å². The zero-order valence-electron chi connectivity index (χ0n) is 19.7. The molecule has 0 bridgehead atoms. The summed E-state index contributed by atoms with van der Waals surface area (Å²) < 4.78 is 33.9. The van der Waals surface area contributed by atoms with Crippen LogP contribution in [0.4, 0.5) is 0 Å². The lowest BCUT2D eigenvalue weighted by molar-refractivity contribution is -0.0532. The molecule has 0 N–H and O–H groups in total. The van der Waals surface area contributed by atoms with Gasteiger partial charge in [0.05, 0.1) is 46.8 Å². The van der Waals surface area contributed by atoms with E-state index in [1.807, 2.05) is 6.07 Å². The van der Waals surface area contributed by atoms with Gasteiger partial charge in [-0.15, -0.1) is 0 Å². The van der Waals surface area contributed by atoms with Gasteiger partial charge in [-0.2, -0.15) is 5.10 Å². The summed E-state index contributed by atoms with van der Waals surface area (Å²) in [6, 6.07) is 14.1. The minimum atomic E-state index is -0.746. The van der Waals surface area contributed by atoms with Gasteiger partial charge in [0.15, 0.2) is 23.5 Å². The van der Waals surface area contributed by atoms with Gasteiger partial charge in [-0.3, -0.25) is 0 Å². The number of nitrogens with zero attached hydrogens (tertiary/aromatic N) is 2. The van der Waals surface area contributed by atoms with E-state index in [4.69, 9.17) is 28.4 Å². The minimum absolute atomic E-state index is 0.0521. The molecule has 1 aliphatic rings.